The smallest absolute Gasteiger partial charge is 0.408 e. The molecule has 0 saturated carbocycles. The molecule has 4 aromatic rings. The van der Waals surface area contributed by atoms with Crippen LogP contribution in [0.3, 0.4) is 0 Å². The lowest BCUT2D eigenvalue weighted by atomic mass is 9.98. The van der Waals surface area contributed by atoms with Crippen molar-refractivity contribution in [1.82, 2.24) is 10.3 Å². The normalized spacial score (nSPS) is 12.8. The number of aromatic amines is 1. The summed E-state index contributed by atoms with van der Waals surface area (Å²) in [4.78, 5) is 27.1. The van der Waals surface area contributed by atoms with Gasteiger partial charge >= 0.3 is 5.76 Å². The Morgan fingerprint density at radius 3 is 2.53 bits per heavy atom. The van der Waals surface area contributed by atoms with Gasteiger partial charge in [0.25, 0.3) is 0 Å². The number of carbonyl (C=O) groups excluding carboxylic acids is 1. The first kappa shape index (κ1) is 21.1. The van der Waals surface area contributed by atoms with E-state index < -0.39 is 11.8 Å². The molecule has 0 radical (unpaired) electrons. The lowest BCUT2D eigenvalue weighted by molar-refractivity contribution is -0.118. The molecule has 4 rings (SSSR count). The topological polar surface area (TPSA) is 111 Å². The van der Waals surface area contributed by atoms with E-state index in [0.29, 0.717) is 28.9 Å². The lowest BCUT2D eigenvalue weighted by Crippen LogP contribution is -2.35. The Kier molecular flexibility index (Phi) is 6.15. The third-order valence-corrected chi connectivity index (χ3v) is 5.32. The van der Waals surface area contributed by atoms with Crippen molar-refractivity contribution in [2.24, 2.45) is 0 Å². The van der Waals surface area contributed by atoms with Crippen LogP contribution in [0, 0.1) is 11.3 Å². The Bertz CT molecular complexity index is 1320. The summed E-state index contributed by atoms with van der Waals surface area (Å²) in [5.41, 5.74) is 4.02. The number of anilines is 1. The van der Waals surface area contributed by atoms with Crippen LogP contribution in [0.15, 0.2) is 82.0 Å². The maximum atomic E-state index is 13.2. The zero-order valence-electron chi connectivity index (χ0n) is 17.5. The quantitative estimate of drug-likeness (QED) is 0.413. The fourth-order valence-corrected chi connectivity index (χ4v) is 3.54. The summed E-state index contributed by atoms with van der Waals surface area (Å²) < 4.78 is 5.08. The van der Waals surface area contributed by atoms with Gasteiger partial charge in [0.1, 0.15) is 6.04 Å². The summed E-state index contributed by atoms with van der Waals surface area (Å²) >= 11 is 0. The van der Waals surface area contributed by atoms with Crippen molar-refractivity contribution in [1.29, 1.82) is 5.26 Å². The molecule has 7 nitrogen and oxygen atoms in total. The summed E-state index contributed by atoms with van der Waals surface area (Å²) in [7, 11) is 0. The van der Waals surface area contributed by atoms with Gasteiger partial charge in [0.2, 0.25) is 5.91 Å². The average molecular weight is 426 g/mol. The van der Waals surface area contributed by atoms with Crippen LogP contribution in [0.1, 0.15) is 35.6 Å². The van der Waals surface area contributed by atoms with Crippen LogP contribution >= 0.6 is 0 Å². The maximum absolute atomic E-state index is 13.2. The van der Waals surface area contributed by atoms with E-state index in [0.717, 1.165) is 11.1 Å². The Balaban J connectivity index is 1.51. The molecule has 1 amide bonds. The number of carbonyl (C=O) groups is 1. The second-order valence-electron chi connectivity index (χ2n) is 7.60. The summed E-state index contributed by atoms with van der Waals surface area (Å²) in [5, 5.41) is 15.3. The van der Waals surface area contributed by atoms with Crippen LogP contribution in [-0.4, -0.2) is 17.4 Å². The van der Waals surface area contributed by atoms with E-state index in [1.54, 1.807) is 30.3 Å². The highest BCUT2D eigenvalue weighted by atomic mass is 16.4. The second-order valence-corrected chi connectivity index (χ2v) is 7.60. The first-order valence-electron chi connectivity index (χ1n) is 10.3. The fourth-order valence-electron chi connectivity index (χ4n) is 3.54. The molecule has 1 unspecified atom stereocenters. The number of hydrogen-bond acceptors (Lipinski definition) is 5. The van der Waals surface area contributed by atoms with Crippen molar-refractivity contribution >= 4 is 22.7 Å². The maximum Gasteiger partial charge on any atom is 0.417 e. The minimum absolute atomic E-state index is 0.132. The molecule has 0 saturated heterocycles. The molecule has 1 heterocycles. The lowest BCUT2D eigenvalue weighted by Gasteiger charge is -2.21. The van der Waals surface area contributed by atoms with E-state index in [1.165, 1.54) is 0 Å². The summed E-state index contributed by atoms with van der Waals surface area (Å²) in [5.74, 6) is -0.628. The number of nitrogens with one attached hydrogen (secondary N) is 3. The molecule has 0 aliphatic heterocycles. The average Bonchev–Trinajstić information content (AvgIpc) is 3.19. The molecular formula is C25H22N4O3. The number of hydrogen-bond donors (Lipinski definition) is 3. The number of amides is 1. The van der Waals surface area contributed by atoms with Crippen molar-refractivity contribution in [2.45, 2.75) is 18.9 Å². The molecule has 2 atom stereocenters. The van der Waals surface area contributed by atoms with Gasteiger partial charge < -0.3 is 15.1 Å². The van der Waals surface area contributed by atoms with Crippen molar-refractivity contribution in [3.63, 3.8) is 0 Å². The van der Waals surface area contributed by atoms with E-state index in [4.69, 9.17) is 9.68 Å². The molecule has 32 heavy (non-hydrogen) atoms. The number of nitrogens with zero attached hydrogens (tertiary/aromatic N) is 1. The SMILES string of the molecule is C[C@H](CNC(C(=O)Nc1ccc2[nH]c(=O)oc2c1)c1ccccc1)c1ccc(C#N)cc1. The van der Waals surface area contributed by atoms with Gasteiger partial charge in [-0.25, -0.2) is 4.79 Å². The monoisotopic (exact) mass is 426 g/mol. The first-order valence-corrected chi connectivity index (χ1v) is 10.3. The van der Waals surface area contributed by atoms with E-state index in [-0.39, 0.29) is 11.8 Å². The molecule has 0 aliphatic carbocycles. The predicted molar refractivity (Wildman–Crippen MR) is 122 cm³/mol. The molecule has 0 aliphatic rings. The van der Waals surface area contributed by atoms with Crippen molar-refractivity contribution in [3.05, 3.63) is 100 Å². The van der Waals surface area contributed by atoms with Crippen LogP contribution < -0.4 is 16.4 Å². The highest BCUT2D eigenvalue weighted by Crippen LogP contribution is 2.21. The Labute approximate surface area is 184 Å². The molecule has 0 fully saturated rings. The van der Waals surface area contributed by atoms with E-state index in [1.807, 2.05) is 42.5 Å². The Hall–Kier alpha value is -4.15. The van der Waals surface area contributed by atoms with Gasteiger partial charge in [0.05, 0.1) is 17.1 Å². The molecule has 0 spiro atoms. The third-order valence-electron chi connectivity index (χ3n) is 5.32. The minimum atomic E-state index is -0.578. The van der Waals surface area contributed by atoms with Gasteiger partial charge in [-0.1, -0.05) is 49.4 Å². The van der Waals surface area contributed by atoms with Gasteiger partial charge in [-0.05, 0) is 41.3 Å². The molecule has 160 valence electrons. The van der Waals surface area contributed by atoms with Crippen molar-refractivity contribution < 1.29 is 9.21 Å². The Morgan fingerprint density at radius 2 is 1.81 bits per heavy atom. The number of nitriles is 1. The second kappa shape index (κ2) is 9.33. The number of aromatic nitrogens is 1. The van der Waals surface area contributed by atoms with Gasteiger partial charge in [0, 0.05) is 18.3 Å². The Morgan fingerprint density at radius 1 is 1.06 bits per heavy atom. The summed E-state index contributed by atoms with van der Waals surface area (Å²) in [6, 6.07) is 23.5. The number of rotatable bonds is 7. The number of oxazole rings is 1. The number of benzene rings is 3. The molecule has 0 bridgehead atoms. The van der Waals surface area contributed by atoms with Gasteiger partial charge in [-0.15, -0.1) is 0 Å². The highest BCUT2D eigenvalue weighted by Gasteiger charge is 2.21. The van der Waals surface area contributed by atoms with Crippen LogP contribution in [0.2, 0.25) is 0 Å². The molecule has 3 aromatic carbocycles. The van der Waals surface area contributed by atoms with Gasteiger partial charge in [0.15, 0.2) is 5.58 Å². The van der Waals surface area contributed by atoms with Crippen molar-refractivity contribution in [3.8, 4) is 6.07 Å². The van der Waals surface area contributed by atoms with E-state index in [9.17, 15) is 9.59 Å². The molecule has 3 N–H and O–H groups in total. The van der Waals surface area contributed by atoms with Gasteiger partial charge in [-0.3, -0.25) is 9.78 Å². The zero-order chi connectivity index (χ0) is 22.5. The van der Waals surface area contributed by atoms with Crippen LogP contribution in [0.4, 0.5) is 5.69 Å². The van der Waals surface area contributed by atoms with E-state index >= 15 is 0 Å². The number of H-pyrrole nitrogens is 1. The van der Waals surface area contributed by atoms with Crippen LogP contribution in [0.25, 0.3) is 11.1 Å². The van der Waals surface area contributed by atoms with Crippen LogP contribution in [-0.2, 0) is 4.79 Å². The summed E-state index contributed by atoms with van der Waals surface area (Å²) in [6.45, 7) is 2.63. The van der Waals surface area contributed by atoms with Crippen LogP contribution in [0.5, 0.6) is 0 Å². The fraction of sp³-hybridized carbons (Fsp3) is 0.160. The van der Waals surface area contributed by atoms with Crippen molar-refractivity contribution in [2.75, 3.05) is 11.9 Å². The largest absolute Gasteiger partial charge is 0.417 e. The first-order chi connectivity index (χ1) is 15.5. The molecule has 1 aromatic heterocycles. The molecule has 7 heteroatoms. The van der Waals surface area contributed by atoms with Gasteiger partial charge in [-0.2, -0.15) is 5.26 Å². The summed E-state index contributed by atoms with van der Waals surface area (Å²) in [6.07, 6.45) is 0. The number of fused-ring (bicyclic) bond motifs is 1. The minimum Gasteiger partial charge on any atom is -0.408 e. The third kappa shape index (κ3) is 4.77. The van der Waals surface area contributed by atoms with E-state index in [2.05, 4.69) is 28.6 Å². The predicted octanol–water partition coefficient (Wildman–Crippen LogP) is 4.07. The zero-order valence-corrected chi connectivity index (χ0v) is 17.5. The highest BCUT2D eigenvalue weighted by molar-refractivity contribution is 5.96. The molecular weight excluding hydrogens is 404 g/mol. The standard InChI is InChI=1S/C25H22N4O3/c1-16(18-9-7-17(14-26)8-10-18)15-27-23(19-5-3-2-4-6-19)24(30)28-20-11-12-21-22(13-20)32-25(31)29-21/h2-13,16,23,27H,15H2,1H3,(H,28,30)(H,29,31)/t16-,23?/m1/s1.